The number of nitrogens with two attached hydrogens (primary N) is 1. The van der Waals surface area contributed by atoms with Gasteiger partial charge in [-0.2, -0.15) is 0 Å². The van der Waals surface area contributed by atoms with Crippen molar-refractivity contribution < 1.29 is 12.8 Å². The number of oxazole rings is 1. The van der Waals surface area contributed by atoms with E-state index in [0.717, 1.165) is 16.0 Å². The molecule has 10 heteroatoms. The Hall–Kier alpha value is -2.23. The molecule has 29 heavy (non-hydrogen) atoms. The van der Waals surface area contributed by atoms with Crippen molar-refractivity contribution in [3.05, 3.63) is 47.0 Å². The van der Waals surface area contributed by atoms with Gasteiger partial charge in [-0.05, 0) is 32.9 Å². The number of thiophene rings is 1. The Morgan fingerprint density at radius 3 is 2.52 bits per heavy atom. The molecular weight excluding hydrogens is 432 g/mol. The van der Waals surface area contributed by atoms with E-state index in [9.17, 15) is 8.42 Å². The highest BCUT2D eigenvalue weighted by Gasteiger charge is 2.49. The zero-order chi connectivity index (χ0) is 21.0. The molecular formula is C19H19ClN4O3S2. The molecule has 152 valence electrons. The average Bonchev–Trinajstić information content (AvgIpc) is 3.30. The zero-order valence-corrected chi connectivity index (χ0v) is 18.4. The molecule has 4 rings (SSSR count). The van der Waals surface area contributed by atoms with Crippen LogP contribution in [0.25, 0.3) is 21.8 Å². The van der Waals surface area contributed by atoms with Crippen molar-refractivity contribution in [1.29, 1.82) is 0 Å². The van der Waals surface area contributed by atoms with E-state index in [1.807, 2.05) is 6.07 Å². The molecule has 0 amide bonds. The van der Waals surface area contributed by atoms with E-state index >= 15 is 0 Å². The summed E-state index contributed by atoms with van der Waals surface area (Å²) in [6.07, 6.45) is 6.37. The molecule has 0 saturated heterocycles. The summed E-state index contributed by atoms with van der Waals surface area (Å²) in [7, 11) is -3.51. The number of aromatic nitrogens is 2. The molecule has 0 spiro atoms. The van der Waals surface area contributed by atoms with Gasteiger partial charge in [-0.25, -0.2) is 13.4 Å². The highest BCUT2D eigenvalue weighted by atomic mass is 35.5. The van der Waals surface area contributed by atoms with Gasteiger partial charge in [0.05, 0.1) is 21.8 Å². The minimum atomic E-state index is -3.51. The smallest absolute Gasteiger partial charge is 0.181 e. The molecule has 1 atom stereocenters. The van der Waals surface area contributed by atoms with Gasteiger partial charge in [-0.1, -0.05) is 11.6 Å². The molecule has 0 aliphatic carbocycles. The highest BCUT2D eigenvalue weighted by Crippen LogP contribution is 2.45. The van der Waals surface area contributed by atoms with Crippen molar-refractivity contribution in [2.45, 2.75) is 31.1 Å². The van der Waals surface area contributed by atoms with E-state index in [1.165, 1.54) is 17.7 Å². The summed E-state index contributed by atoms with van der Waals surface area (Å²) in [5.74, 6) is 0.530. The Balaban J connectivity index is 1.78. The first kappa shape index (κ1) is 20.1. The summed E-state index contributed by atoms with van der Waals surface area (Å²) in [5, 5.41) is 0.448. The first-order chi connectivity index (χ1) is 13.5. The number of aliphatic imine (C=N–C) groups is 1. The van der Waals surface area contributed by atoms with Gasteiger partial charge in [0.25, 0.3) is 0 Å². The summed E-state index contributed by atoms with van der Waals surface area (Å²) in [6.45, 7) is 4.89. The monoisotopic (exact) mass is 450 g/mol. The molecule has 0 saturated carbocycles. The number of nitrogens with zero attached hydrogens (tertiary/aromatic N) is 3. The third-order valence-corrected chi connectivity index (χ3v) is 9.70. The maximum absolute atomic E-state index is 12.8. The Bertz CT molecular complexity index is 1220. The van der Waals surface area contributed by atoms with Crippen molar-refractivity contribution in [1.82, 2.24) is 9.97 Å². The average molecular weight is 451 g/mol. The van der Waals surface area contributed by atoms with Crippen molar-refractivity contribution in [3.63, 3.8) is 0 Å². The Morgan fingerprint density at radius 2 is 1.86 bits per heavy atom. The van der Waals surface area contributed by atoms with Crippen molar-refractivity contribution in [3.8, 4) is 21.8 Å². The summed E-state index contributed by atoms with van der Waals surface area (Å²) in [5.41, 5.74) is 6.61. The fourth-order valence-corrected chi connectivity index (χ4v) is 6.58. The van der Waals surface area contributed by atoms with Crippen LogP contribution in [0.1, 0.15) is 25.6 Å². The molecule has 1 aliphatic heterocycles. The van der Waals surface area contributed by atoms with Crippen LogP contribution in [0.4, 0.5) is 0 Å². The standard InChI is InChI=1S/C19H19ClN4O3S2/c1-18(2)17(21)24-19(3,9-29(18,25)26)16-13(20)5-15(28-16)12-4-11(6-22-7-12)14-8-23-10-27-14/h4-8,10H,9H2,1-3H3,(H2,21,24). The number of halogens is 1. The van der Waals surface area contributed by atoms with E-state index in [0.29, 0.717) is 15.7 Å². The van der Waals surface area contributed by atoms with Crippen LogP contribution in [0.2, 0.25) is 5.02 Å². The molecule has 1 aliphatic rings. The lowest BCUT2D eigenvalue weighted by Crippen LogP contribution is -2.54. The van der Waals surface area contributed by atoms with Crippen LogP contribution >= 0.6 is 22.9 Å². The summed E-state index contributed by atoms with van der Waals surface area (Å²) in [6, 6.07) is 3.71. The molecule has 7 nitrogen and oxygen atoms in total. The van der Waals surface area contributed by atoms with Gasteiger partial charge >= 0.3 is 0 Å². The van der Waals surface area contributed by atoms with Gasteiger partial charge < -0.3 is 10.2 Å². The van der Waals surface area contributed by atoms with E-state index in [4.69, 9.17) is 21.8 Å². The molecule has 2 N–H and O–H groups in total. The van der Waals surface area contributed by atoms with Crippen LogP contribution in [-0.4, -0.2) is 34.7 Å². The van der Waals surface area contributed by atoms with Gasteiger partial charge in [0.15, 0.2) is 22.0 Å². The fraction of sp³-hybridized carbons (Fsp3) is 0.316. The molecule has 0 aromatic carbocycles. The molecule has 3 aromatic heterocycles. The van der Waals surface area contributed by atoms with Gasteiger partial charge in [-0.15, -0.1) is 11.3 Å². The summed E-state index contributed by atoms with van der Waals surface area (Å²) >= 11 is 7.91. The van der Waals surface area contributed by atoms with Crippen LogP contribution in [0.5, 0.6) is 0 Å². The maximum Gasteiger partial charge on any atom is 0.181 e. The van der Waals surface area contributed by atoms with Crippen molar-refractivity contribution >= 4 is 38.6 Å². The lowest BCUT2D eigenvalue weighted by atomic mass is 10.0. The molecule has 1 unspecified atom stereocenters. The van der Waals surface area contributed by atoms with Crippen LogP contribution in [0.15, 0.2) is 46.5 Å². The zero-order valence-electron chi connectivity index (χ0n) is 16.0. The fourth-order valence-electron chi connectivity index (χ4n) is 3.20. The predicted octanol–water partition coefficient (Wildman–Crippen LogP) is 3.90. The number of hydrogen-bond donors (Lipinski definition) is 1. The predicted molar refractivity (Wildman–Crippen MR) is 115 cm³/mol. The minimum Gasteiger partial charge on any atom is -0.443 e. The van der Waals surface area contributed by atoms with Crippen molar-refractivity contribution in [2.75, 3.05) is 5.75 Å². The van der Waals surface area contributed by atoms with E-state index in [2.05, 4.69) is 15.0 Å². The maximum atomic E-state index is 12.8. The largest absolute Gasteiger partial charge is 0.443 e. The van der Waals surface area contributed by atoms with Crippen LogP contribution < -0.4 is 5.73 Å². The molecule has 3 aromatic rings. The third kappa shape index (κ3) is 3.27. The molecule has 0 bridgehead atoms. The number of pyridine rings is 1. The number of rotatable bonds is 3. The second-order valence-electron chi connectivity index (χ2n) is 7.66. The SMILES string of the molecule is CC1(c2sc(-c3cncc(-c4cnco4)c3)cc2Cl)CS(=O)(=O)C(C)(C)C(N)=N1. The number of hydrogen-bond acceptors (Lipinski definition) is 8. The van der Waals surface area contributed by atoms with Gasteiger partial charge in [0.2, 0.25) is 0 Å². The van der Waals surface area contributed by atoms with Crippen LogP contribution in [0, 0.1) is 0 Å². The van der Waals surface area contributed by atoms with Crippen LogP contribution in [-0.2, 0) is 15.4 Å². The Morgan fingerprint density at radius 1 is 1.14 bits per heavy atom. The molecule has 4 heterocycles. The van der Waals surface area contributed by atoms with Crippen LogP contribution in [0.3, 0.4) is 0 Å². The van der Waals surface area contributed by atoms with E-state index in [-0.39, 0.29) is 11.6 Å². The van der Waals surface area contributed by atoms with E-state index < -0.39 is 20.1 Å². The third-order valence-electron chi connectivity index (χ3n) is 5.15. The van der Waals surface area contributed by atoms with Gasteiger partial charge in [0, 0.05) is 28.4 Å². The Labute approximate surface area is 177 Å². The lowest BCUT2D eigenvalue weighted by Gasteiger charge is -2.37. The first-order valence-electron chi connectivity index (χ1n) is 8.76. The van der Waals surface area contributed by atoms with Gasteiger partial charge in [-0.3, -0.25) is 9.98 Å². The number of sulfone groups is 1. The van der Waals surface area contributed by atoms with Crippen molar-refractivity contribution in [2.24, 2.45) is 10.7 Å². The quantitative estimate of drug-likeness (QED) is 0.647. The second-order valence-corrected chi connectivity index (χ2v) is 11.7. The Kier molecular flexibility index (Phi) is 4.60. The minimum absolute atomic E-state index is 0.0891. The number of amidine groups is 1. The lowest BCUT2D eigenvalue weighted by molar-refractivity contribution is 0.507. The molecule has 0 fully saturated rings. The molecule has 0 radical (unpaired) electrons. The topological polar surface area (TPSA) is 111 Å². The van der Waals surface area contributed by atoms with E-state index in [1.54, 1.807) is 45.4 Å². The highest BCUT2D eigenvalue weighted by molar-refractivity contribution is 7.93. The summed E-state index contributed by atoms with van der Waals surface area (Å²) < 4.78 is 29.8. The summed E-state index contributed by atoms with van der Waals surface area (Å²) in [4.78, 5) is 14.3. The van der Waals surface area contributed by atoms with Gasteiger partial charge in [0.1, 0.15) is 16.1 Å². The normalized spacial score (nSPS) is 23.0. The second kappa shape index (κ2) is 6.65. The first-order valence-corrected chi connectivity index (χ1v) is 11.6.